The maximum atomic E-state index is 12.9. The minimum atomic E-state index is 0.140. The number of nitrogens with one attached hydrogen (secondary N) is 1. The number of amides is 1. The van der Waals surface area contributed by atoms with Crippen LogP contribution >= 0.6 is 15.9 Å². The van der Waals surface area contributed by atoms with Crippen LogP contribution in [0.2, 0.25) is 0 Å². The maximum Gasteiger partial charge on any atom is 0.270 e. The first-order valence-electron chi connectivity index (χ1n) is 8.02. The van der Waals surface area contributed by atoms with Gasteiger partial charge in [0.25, 0.3) is 5.91 Å². The van der Waals surface area contributed by atoms with E-state index < -0.39 is 0 Å². The lowest BCUT2D eigenvalue weighted by Crippen LogP contribution is -2.39. The molecule has 116 valence electrons. The van der Waals surface area contributed by atoms with Gasteiger partial charge in [-0.2, -0.15) is 0 Å². The number of hydrogen-bond acceptors (Lipinski definition) is 2. The molecular formula is C17H20BrN3O. The first-order chi connectivity index (χ1) is 10.7. The fourth-order valence-corrected chi connectivity index (χ4v) is 4.16. The summed E-state index contributed by atoms with van der Waals surface area (Å²) in [6.45, 7) is 4.07. The molecule has 1 N–H and O–H groups in total. The Morgan fingerprint density at radius 1 is 1.18 bits per heavy atom. The summed E-state index contributed by atoms with van der Waals surface area (Å²) < 4.78 is 1.04. The molecule has 0 bridgehead atoms. The zero-order valence-electron chi connectivity index (χ0n) is 12.5. The Balaban J connectivity index is 1.59. The molecule has 2 aliphatic rings. The van der Waals surface area contributed by atoms with Crippen molar-refractivity contribution in [2.45, 2.75) is 25.3 Å². The van der Waals surface area contributed by atoms with Gasteiger partial charge >= 0.3 is 0 Å². The number of rotatable bonds is 1. The van der Waals surface area contributed by atoms with E-state index in [2.05, 4.69) is 25.8 Å². The summed E-state index contributed by atoms with van der Waals surface area (Å²) in [5.74, 6) is 0.140. The van der Waals surface area contributed by atoms with Gasteiger partial charge in [-0.3, -0.25) is 9.69 Å². The summed E-state index contributed by atoms with van der Waals surface area (Å²) in [7, 11) is 0. The van der Waals surface area contributed by atoms with Crippen molar-refractivity contribution in [2.24, 2.45) is 0 Å². The molecule has 1 amide bonds. The van der Waals surface area contributed by atoms with Crippen LogP contribution in [0.4, 0.5) is 0 Å². The number of nitrogens with zero attached hydrogens (tertiary/aromatic N) is 2. The van der Waals surface area contributed by atoms with Crippen LogP contribution in [0.1, 0.15) is 29.8 Å². The fraction of sp³-hybridized carbons (Fsp3) is 0.471. The SMILES string of the molecule is O=C(c1cc2cc(Br)ccc2[nH]1)N1CCCN2CCC[C@@H]2C1. The molecule has 3 heterocycles. The van der Waals surface area contributed by atoms with Crippen LogP contribution in [-0.4, -0.2) is 52.9 Å². The highest BCUT2D eigenvalue weighted by atomic mass is 79.9. The highest BCUT2D eigenvalue weighted by Gasteiger charge is 2.31. The van der Waals surface area contributed by atoms with Gasteiger partial charge in [-0.05, 0) is 50.1 Å². The van der Waals surface area contributed by atoms with Crippen molar-refractivity contribution in [3.05, 3.63) is 34.4 Å². The fourth-order valence-electron chi connectivity index (χ4n) is 3.78. The third-order valence-corrected chi connectivity index (χ3v) is 5.40. The van der Waals surface area contributed by atoms with E-state index in [1.54, 1.807) is 0 Å². The van der Waals surface area contributed by atoms with Crippen LogP contribution in [0.15, 0.2) is 28.7 Å². The first kappa shape index (κ1) is 14.3. The summed E-state index contributed by atoms with van der Waals surface area (Å²) in [6.07, 6.45) is 3.57. The molecule has 1 aromatic carbocycles. The standard InChI is InChI=1S/C17H20BrN3O/c18-13-4-5-15-12(9-13)10-16(19-15)17(22)21-8-2-7-20-6-1-3-14(20)11-21/h4-5,9-10,14,19H,1-3,6-8,11H2/t14-/m1/s1. The molecule has 2 saturated heterocycles. The summed E-state index contributed by atoms with van der Waals surface area (Å²) in [5, 5.41) is 1.08. The molecule has 2 fully saturated rings. The van der Waals surface area contributed by atoms with Gasteiger partial charge in [0.2, 0.25) is 0 Å². The number of aromatic nitrogens is 1. The molecule has 22 heavy (non-hydrogen) atoms. The minimum absolute atomic E-state index is 0.140. The van der Waals surface area contributed by atoms with E-state index in [1.807, 2.05) is 29.2 Å². The Morgan fingerprint density at radius 2 is 2.05 bits per heavy atom. The number of carbonyl (C=O) groups excluding carboxylic acids is 1. The lowest BCUT2D eigenvalue weighted by atomic mass is 10.2. The van der Waals surface area contributed by atoms with E-state index >= 15 is 0 Å². The summed E-state index contributed by atoms with van der Waals surface area (Å²) in [6, 6.07) is 8.58. The van der Waals surface area contributed by atoms with Gasteiger partial charge < -0.3 is 9.88 Å². The highest BCUT2D eigenvalue weighted by molar-refractivity contribution is 9.10. The second-order valence-electron chi connectivity index (χ2n) is 6.35. The molecule has 0 aliphatic carbocycles. The first-order valence-corrected chi connectivity index (χ1v) is 8.81. The van der Waals surface area contributed by atoms with E-state index in [0.29, 0.717) is 11.7 Å². The van der Waals surface area contributed by atoms with Crippen molar-refractivity contribution in [1.82, 2.24) is 14.8 Å². The van der Waals surface area contributed by atoms with Gasteiger partial charge in [0.05, 0.1) is 0 Å². The number of H-pyrrole nitrogens is 1. The van der Waals surface area contributed by atoms with Crippen LogP contribution < -0.4 is 0 Å². The Hall–Kier alpha value is -1.33. The predicted octanol–water partition coefficient (Wildman–Crippen LogP) is 3.24. The molecule has 4 rings (SSSR count). The number of halogens is 1. The van der Waals surface area contributed by atoms with Gasteiger partial charge in [-0.15, -0.1) is 0 Å². The van der Waals surface area contributed by atoms with E-state index in [-0.39, 0.29) is 5.91 Å². The summed E-state index contributed by atoms with van der Waals surface area (Å²) in [5.41, 5.74) is 1.73. The average molecular weight is 362 g/mol. The highest BCUT2D eigenvalue weighted by Crippen LogP contribution is 2.24. The maximum absolute atomic E-state index is 12.9. The van der Waals surface area contributed by atoms with E-state index in [4.69, 9.17) is 0 Å². The summed E-state index contributed by atoms with van der Waals surface area (Å²) in [4.78, 5) is 20.7. The van der Waals surface area contributed by atoms with Crippen molar-refractivity contribution in [2.75, 3.05) is 26.2 Å². The van der Waals surface area contributed by atoms with Gasteiger partial charge in [-0.25, -0.2) is 0 Å². The van der Waals surface area contributed by atoms with Crippen molar-refractivity contribution in [1.29, 1.82) is 0 Å². The molecular weight excluding hydrogens is 342 g/mol. The largest absolute Gasteiger partial charge is 0.351 e. The second kappa shape index (κ2) is 5.70. The topological polar surface area (TPSA) is 39.3 Å². The minimum Gasteiger partial charge on any atom is -0.351 e. The van der Waals surface area contributed by atoms with E-state index in [1.165, 1.54) is 19.4 Å². The second-order valence-corrected chi connectivity index (χ2v) is 7.27. The van der Waals surface area contributed by atoms with Crippen molar-refractivity contribution in [3.8, 4) is 0 Å². The smallest absolute Gasteiger partial charge is 0.270 e. The Bertz CT molecular complexity index is 711. The van der Waals surface area contributed by atoms with Gasteiger partial charge in [0.15, 0.2) is 0 Å². The van der Waals surface area contributed by atoms with Crippen molar-refractivity contribution in [3.63, 3.8) is 0 Å². The van der Waals surface area contributed by atoms with Gasteiger partial charge in [0, 0.05) is 41.1 Å². The molecule has 4 nitrogen and oxygen atoms in total. The monoisotopic (exact) mass is 361 g/mol. The van der Waals surface area contributed by atoms with Crippen LogP contribution in [0.3, 0.4) is 0 Å². The van der Waals surface area contributed by atoms with E-state index in [0.717, 1.165) is 41.4 Å². The third-order valence-electron chi connectivity index (χ3n) is 4.90. The number of aromatic amines is 1. The predicted molar refractivity (Wildman–Crippen MR) is 91.1 cm³/mol. The van der Waals surface area contributed by atoms with Crippen LogP contribution in [0.25, 0.3) is 10.9 Å². The number of benzene rings is 1. The Morgan fingerprint density at radius 3 is 2.95 bits per heavy atom. The van der Waals surface area contributed by atoms with Crippen LogP contribution in [0, 0.1) is 0 Å². The molecule has 0 saturated carbocycles. The normalized spacial score (nSPS) is 22.8. The molecule has 1 aromatic heterocycles. The Kier molecular flexibility index (Phi) is 3.70. The van der Waals surface area contributed by atoms with E-state index in [9.17, 15) is 4.79 Å². The lowest BCUT2D eigenvalue weighted by molar-refractivity contribution is 0.0738. The lowest BCUT2D eigenvalue weighted by Gasteiger charge is -2.25. The number of fused-ring (bicyclic) bond motifs is 2. The van der Waals surface area contributed by atoms with Crippen LogP contribution in [0.5, 0.6) is 0 Å². The third kappa shape index (κ3) is 2.57. The molecule has 0 unspecified atom stereocenters. The zero-order valence-corrected chi connectivity index (χ0v) is 14.1. The molecule has 2 aliphatic heterocycles. The Labute approximate surface area is 138 Å². The average Bonchev–Trinajstić information content (AvgIpc) is 3.07. The molecule has 1 atom stereocenters. The molecule has 5 heteroatoms. The molecule has 2 aromatic rings. The number of hydrogen-bond donors (Lipinski definition) is 1. The quantitative estimate of drug-likeness (QED) is 0.846. The van der Waals surface area contributed by atoms with Gasteiger partial charge in [0.1, 0.15) is 5.69 Å². The van der Waals surface area contributed by atoms with Gasteiger partial charge in [-0.1, -0.05) is 15.9 Å². The van der Waals surface area contributed by atoms with Crippen molar-refractivity contribution >= 4 is 32.7 Å². The van der Waals surface area contributed by atoms with Crippen LogP contribution in [-0.2, 0) is 0 Å². The zero-order chi connectivity index (χ0) is 15.1. The number of carbonyl (C=O) groups is 1. The molecule has 0 spiro atoms. The molecule has 0 radical (unpaired) electrons. The van der Waals surface area contributed by atoms with Crippen molar-refractivity contribution < 1.29 is 4.79 Å². The summed E-state index contributed by atoms with van der Waals surface area (Å²) >= 11 is 3.48.